The molecule has 0 spiro atoms. The highest BCUT2D eigenvalue weighted by molar-refractivity contribution is 5.94. The first-order valence-electron chi connectivity index (χ1n) is 12.1. The molecule has 1 aromatic heterocycles. The van der Waals surface area contributed by atoms with Crippen LogP contribution < -0.4 is 10.6 Å². The van der Waals surface area contributed by atoms with Gasteiger partial charge in [0.2, 0.25) is 17.7 Å². The van der Waals surface area contributed by atoms with Crippen molar-refractivity contribution in [1.29, 1.82) is 0 Å². The van der Waals surface area contributed by atoms with Crippen molar-refractivity contribution in [2.75, 3.05) is 18.5 Å². The van der Waals surface area contributed by atoms with Crippen LogP contribution in [0.4, 0.5) is 5.82 Å². The van der Waals surface area contributed by atoms with Gasteiger partial charge in [0.05, 0.1) is 6.10 Å². The second-order valence-corrected chi connectivity index (χ2v) is 10.00. The van der Waals surface area contributed by atoms with Gasteiger partial charge in [-0.1, -0.05) is 35.9 Å². The summed E-state index contributed by atoms with van der Waals surface area (Å²) in [4.78, 5) is 45.2. The highest BCUT2D eigenvalue weighted by Gasteiger charge is 2.35. The number of hydrogen-bond donors (Lipinski definition) is 2. The SMILES string of the molecule is Cc1ccc([C@@H](C(=O)NC(C)(C)C)N(C[C@H]2CCCO2)C(=O)CCC(=O)Nc2ccccn2)cc1. The van der Waals surface area contributed by atoms with Crippen molar-refractivity contribution < 1.29 is 19.1 Å². The number of aromatic nitrogens is 1. The standard InChI is InChI=1S/C27H36N4O4/c1-19-10-12-20(13-11-19)25(26(34)30-27(2,3)4)31(18-21-8-7-17-35-21)24(33)15-14-23(32)29-22-9-5-6-16-28-22/h5-6,9-13,16,21,25H,7-8,14-15,17-18H2,1-4H3,(H,30,34)(H,28,29,32)/t21-,25+/m1/s1. The van der Waals surface area contributed by atoms with Crippen LogP contribution in [-0.2, 0) is 19.1 Å². The van der Waals surface area contributed by atoms with Gasteiger partial charge in [0.1, 0.15) is 11.9 Å². The molecule has 0 unspecified atom stereocenters. The van der Waals surface area contributed by atoms with E-state index in [4.69, 9.17) is 4.74 Å². The highest BCUT2D eigenvalue weighted by atomic mass is 16.5. The first kappa shape index (κ1) is 26.3. The molecular formula is C27H36N4O4. The number of carbonyl (C=O) groups is 3. The fraction of sp³-hybridized carbons (Fsp3) is 0.481. The average Bonchev–Trinajstić information content (AvgIpc) is 3.31. The minimum absolute atomic E-state index is 0.0149. The van der Waals surface area contributed by atoms with Gasteiger partial charge in [-0.2, -0.15) is 0 Å². The van der Waals surface area contributed by atoms with Crippen LogP contribution in [0.15, 0.2) is 48.7 Å². The molecule has 0 saturated carbocycles. The number of nitrogens with one attached hydrogen (secondary N) is 2. The lowest BCUT2D eigenvalue weighted by Gasteiger charge is -2.35. The fourth-order valence-corrected chi connectivity index (χ4v) is 4.02. The number of pyridine rings is 1. The number of anilines is 1. The van der Waals surface area contributed by atoms with Crippen molar-refractivity contribution in [1.82, 2.24) is 15.2 Å². The lowest BCUT2D eigenvalue weighted by molar-refractivity contribution is -0.143. The molecule has 1 aromatic carbocycles. The summed E-state index contributed by atoms with van der Waals surface area (Å²) >= 11 is 0. The first-order chi connectivity index (χ1) is 16.6. The number of ether oxygens (including phenoxy) is 1. The van der Waals surface area contributed by atoms with Crippen molar-refractivity contribution in [3.63, 3.8) is 0 Å². The number of hydrogen-bond acceptors (Lipinski definition) is 5. The number of rotatable bonds is 9. The number of carbonyl (C=O) groups excluding carboxylic acids is 3. The Morgan fingerprint density at radius 1 is 1.11 bits per heavy atom. The van der Waals surface area contributed by atoms with E-state index in [1.54, 1.807) is 29.3 Å². The third-order valence-electron chi connectivity index (χ3n) is 5.69. The molecule has 2 aromatic rings. The molecule has 8 nitrogen and oxygen atoms in total. The number of amides is 3. The largest absolute Gasteiger partial charge is 0.376 e. The summed E-state index contributed by atoms with van der Waals surface area (Å²) in [6, 6.07) is 12.0. The molecular weight excluding hydrogens is 444 g/mol. The van der Waals surface area contributed by atoms with Crippen molar-refractivity contribution in [3.05, 3.63) is 59.8 Å². The van der Waals surface area contributed by atoms with Gasteiger partial charge in [-0.25, -0.2) is 4.98 Å². The Balaban J connectivity index is 1.82. The van der Waals surface area contributed by atoms with E-state index in [1.165, 1.54) is 0 Å². The van der Waals surface area contributed by atoms with Gasteiger partial charge < -0.3 is 20.3 Å². The van der Waals surface area contributed by atoms with Gasteiger partial charge >= 0.3 is 0 Å². The smallest absolute Gasteiger partial charge is 0.247 e. The molecule has 2 atom stereocenters. The molecule has 1 saturated heterocycles. The average molecular weight is 481 g/mol. The van der Waals surface area contributed by atoms with E-state index in [2.05, 4.69) is 15.6 Å². The van der Waals surface area contributed by atoms with Crippen LogP contribution in [0.1, 0.15) is 63.6 Å². The Kier molecular flexibility index (Phi) is 8.98. The summed E-state index contributed by atoms with van der Waals surface area (Å²) in [6.45, 7) is 8.63. The summed E-state index contributed by atoms with van der Waals surface area (Å²) in [5.74, 6) is -0.402. The minimum Gasteiger partial charge on any atom is -0.376 e. The topological polar surface area (TPSA) is 101 Å². The number of benzene rings is 1. The molecule has 188 valence electrons. The van der Waals surface area contributed by atoms with Gasteiger partial charge in [-0.15, -0.1) is 0 Å². The van der Waals surface area contributed by atoms with E-state index in [0.717, 1.165) is 24.0 Å². The lowest BCUT2D eigenvalue weighted by Crippen LogP contribution is -2.50. The van der Waals surface area contributed by atoms with Crippen LogP contribution in [0.5, 0.6) is 0 Å². The molecule has 3 amide bonds. The van der Waals surface area contributed by atoms with E-state index in [9.17, 15) is 14.4 Å². The second kappa shape index (κ2) is 11.9. The van der Waals surface area contributed by atoms with Gasteiger partial charge in [-0.05, 0) is 58.2 Å². The zero-order chi connectivity index (χ0) is 25.4. The summed E-state index contributed by atoms with van der Waals surface area (Å²) < 4.78 is 5.81. The van der Waals surface area contributed by atoms with E-state index >= 15 is 0 Å². The molecule has 35 heavy (non-hydrogen) atoms. The van der Waals surface area contributed by atoms with Crippen molar-refractivity contribution in [2.45, 2.75) is 71.1 Å². The fourth-order valence-electron chi connectivity index (χ4n) is 4.02. The molecule has 0 aliphatic carbocycles. The molecule has 0 bridgehead atoms. The zero-order valence-electron chi connectivity index (χ0n) is 21.0. The van der Waals surface area contributed by atoms with Crippen LogP contribution in [0, 0.1) is 6.92 Å². The maximum atomic E-state index is 13.5. The Morgan fingerprint density at radius 3 is 2.46 bits per heavy atom. The normalized spacial score (nSPS) is 16.4. The van der Waals surface area contributed by atoms with Crippen LogP contribution in [0.2, 0.25) is 0 Å². The van der Waals surface area contributed by atoms with Gasteiger partial charge in [0, 0.05) is 37.7 Å². The monoisotopic (exact) mass is 480 g/mol. The zero-order valence-corrected chi connectivity index (χ0v) is 21.0. The van der Waals surface area contributed by atoms with Crippen LogP contribution in [0.25, 0.3) is 0 Å². The Hall–Kier alpha value is -3.26. The van der Waals surface area contributed by atoms with Crippen LogP contribution >= 0.6 is 0 Å². The highest BCUT2D eigenvalue weighted by Crippen LogP contribution is 2.26. The van der Waals surface area contributed by atoms with Gasteiger partial charge in [-0.3, -0.25) is 14.4 Å². The van der Waals surface area contributed by atoms with Crippen molar-refractivity contribution >= 4 is 23.5 Å². The molecule has 3 rings (SSSR count). The van der Waals surface area contributed by atoms with E-state index < -0.39 is 11.6 Å². The predicted octanol–water partition coefficient (Wildman–Crippen LogP) is 3.77. The molecule has 0 radical (unpaired) electrons. The van der Waals surface area contributed by atoms with Crippen LogP contribution in [-0.4, -0.2) is 52.4 Å². The van der Waals surface area contributed by atoms with Crippen LogP contribution in [0.3, 0.4) is 0 Å². The molecule has 2 N–H and O–H groups in total. The van der Waals surface area contributed by atoms with Crippen molar-refractivity contribution in [3.8, 4) is 0 Å². The third-order valence-corrected chi connectivity index (χ3v) is 5.69. The first-order valence-corrected chi connectivity index (χ1v) is 12.1. The predicted molar refractivity (Wildman–Crippen MR) is 135 cm³/mol. The van der Waals surface area contributed by atoms with Gasteiger partial charge in [0.15, 0.2) is 0 Å². The number of nitrogens with zero attached hydrogens (tertiary/aromatic N) is 2. The Bertz CT molecular complexity index is 996. The number of aryl methyl sites for hydroxylation is 1. The van der Waals surface area contributed by atoms with E-state index in [1.807, 2.05) is 52.0 Å². The lowest BCUT2D eigenvalue weighted by atomic mass is 9.99. The van der Waals surface area contributed by atoms with Gasteiger partial charge in [0.25, 0.3) is 0 Å². The quantitative estimate of drug-likeness (QED) is 0.569. The summed E-state index contributed by atoms with van der Waals surface area (Å²) in [6.07, 6.45) is 3.14. The molecule has 1 aliphatic rings. The molecule has 2 heterocycles. The van der Waals surface area contributed by atoms with E-state index in [0.29, 0.717) is 12.4 Å². The molecule has 1 aliphatic heterocycles. The minimum atomic E-state index is -0.828. The maximum absolute atomic E-state index is 13.5. The summed E-state index contributed by atoms with van der Waals surface area (Å²) in [5.41, 5.74) is 1.31. The maximum Gasteiger partial charge on any atom is 0.247 e. The summed E-state index contributed by atoms with van der Waals surface area (Å²) in [7, 11) is 0. The van der Waals surface area contributed by atoms with Crippen molar-refractivity contribution in [2.24, 2.45) is 0 Å². The summed E-state index contributed by atoms with van der Waals surface area (Å²) in [5, 5.41) is 5.73. The Labute approximate surface area is 207 Å². The second-order valence-electron chi connectivity index (χ2n) is 10.00. The molecule has 1 fully saturated rings. The molecule has 8 heteroatoms. The van der Waals surface area contributed by atoms with E-state index in [-0.39, 0.29) is 43.2 Å². The third kappa shape index (κ3) is 8.17. The Morgan fingerprint density at radius 2 is 1.86 bits per heavy atom.